The number of carbonyl (C=O) groups excluding carboxylic acids is 1. The summed E-state index contributed by atoms with van der Waals surface area (Å²) in [6, 6.07) is 21.5. The van der Waals surface area contributed by atoms with Crippen molar-refractivity contribution in [3.63, 3.8) is 0 Å². The van der Waals surface area contributed by atoms with Crippen LogP contribution in [0.1, 0.15) is 10.4 Å². The van der Waals surface area contributed by atoms with Gasteiger partial charge in [0, 0.05) is 11.3 Å². The molecule has 5 nitrogen and oxygen atoms in total. The molecule has 1 amide bonds. The van der Waals surface area contributed by atoms with Gasteiger partial charge in [0.1, 0.15) is 30.5 Å². The van der Waals surface area contributed by atoms with Gasteiger partial charge in [0.2, 0.25) is 0 Å². The van der Waals surface area contributed by atoms with Crippen LogP contribution in [0.3, 0.4) is 0 Å². The van der Waals surface area contributed by atoms with E-state index in [0.717, 1.165) is 5.75 Å². The van der Waals surface area contributed by atoms with E-state index < -0.39 is 0 Å². The molecule has 0 heterocycles. The van der Waals surface area contributed by atoms with Crippen molar-refractivity contribution in [3.05, 3.63) is 83.4 Å². The number of ether oxygens (including phenoxy) is 3. The molecule has 0 aliphatic carbocycles. The summed E-state index contributed by atoms with van der Waals surface area (Å²) in [4.78, 5) is 12.5. The number of nitrogens with one attached hydrogen (secondary N) is 1. The van der Waals surface area contributed by atoms with Crippen LogP contribution in [0.2, 0.25) is 5.02 Å². The lowest BCUT2D eigenvalue weighted by molar-refractivity contribution is 0.102. The second-order valence-corrected chi connectivity index (χ2v) is 6.25. The van der Waals surface area contributed by atoms with Crippen LogP contribution in [0.25, 0.3) is 0 Å². The normalized spacial score (nSPS) is 10.2. The van der Waals surface area contributed by atoms with Crippen molar-refractivity contribution < 1.29 is 19.0 Å². The van der Waals surface area contributed by atoms with Gasteiger partial charge < -0.3 is 19.5 Å². The predicted octanol–water partition coefficient (Wildman–Crippen LogP) is 5.06. The first-order chi connectivity index (χ1) is 13.7. The summed E-state index contributed by atoms with van der Waals surface area (Å²) < 4.78 is 16.4. The van der Waals surface area contributed by atoms with Gasteiger partial charge >= 0.3 is 0 Å². The van der Waals surface area contributed by atoms with Gasteiger partial charge in [-0.1, -0.05) is 35.9 Å². The Morgan fingerprint density at radius 2 is 1.61 bits per heavy atom. The zero-order valence-corrected chi connectivity index (χ0v) is 16.1. The van der Waals surface area contributed by atoms with Gasteiger partial charge in [-0.2, -0.15) is 0 Å². The average Bonchev–Trinajstić information content (AvgIpc) is 2.72. The largest absolute Gasteiger partial charge is 0.495 e. The smallest absolute Gasteiger partial charge is 0.255 e. The second kappa shape index (κ2) is 9.67. The SMILES string of the molecule is COc1ccc(NC(=O)c2cccc(OCCOc3ccccc3)c2)cc1Cl. The fourth-order valence-electron chi connectivity index (χ4n) is 2.51. The van der Waals surface area contributed by atoms with Crippen molar-refractivity contribution >= 4 is 23.2 Å². The van der Waals surface area contributed by atoms with Crippen LogP contribution >= 0.6 is 11.6 Å². The molecule has 0 spiro atoms. The number of amides is 1. The molecule has 0 radical (unpaired) electrons. The second-order valence-electron chi connectivity index (χ2n) is 5.84. The maximum absolute atomic E-state index is 12.5. The molecule has 0 fully saturated rings. The minimum atomic E-state index is -0.257. The molecule has 0 saturated heterocycles. The first kappa shape index (κ1) is 19.6. The lowest BCUT2D eigenvalue weighted by Crippen LogP contribution is -2.13. The van der Waals surface area contributed by atoms with E-state index in [4.69, 9.17) is 25.8 Å². The van der Waals surface area contributed by atoms with Gasteiger partial charge in [0.15, 0.2) is 0 Å². The van der Waals surface area contributed by atoms with Gasteiger partial charge in [-0.05, 0) is 48.5 Å². The molecule has 0 aromatic heterocycles. The van der Waals surface area contributed by atoms with Gasteiger partial charge in [-0.15, -0.1) is 0 Å². The van der Waals surface area contributed by atoms with E-state index in [1.54, 1.807) is 42.5 Å². The van der Waals surface area contributed by atoms with E-state index in [2.05, 4.69) is 5.32 Å². The van der Waals surface area contributed by atoms with E-state index in [0.29, 0.717) is 41.0 Å². The summed E-state index contributed by atoms with van der Waals surface area (Å²) in [6.45, 7) is 0.777. The number of rotatable bonds is 8. The van der Waals surface area contributed by atoms with Crippen LogP contribution in [0.15, 0.2) is 72.8 Å². The zero-order valence-electron chi connectivity index (χ0n) is 15.4. The minimum Gasteiger partial charge on any atom is -0.495 e. The Kier molecular flexibility index (Phi) is 6.76. The Balaban J connectivity index is 1.54. The van der Waals surface area contributed by atoms with E-state index in [9.17, 15) is 4.79 Å². The van der Waals surface area contributed by atoms with Crippen molar-refractivity contribution in [2.45, 2.75) is 0 Å². The highest BCUT2D eigenvalue weighted by Gasteiger charge is 2.09. The van der Waals surface area contributed by atoms with E-state index in [1.807, 2.05) is 30.3 Å². The van der Waals surface area contributed by atoms with Crippen molar-refractivity contribution in [2.75, 3.05) is 25.6 Å². The third kappa shape index (κ3) is 5.41. The summed E-state index contributed by atoms with van der Waals surface area (Å²) in [6.07, 6.45) is 0. The maximum atomic E-state index is 12.5. The molecule has 144 valence electrons. The number of hydrogen-bond acceptors (Lipinski definition) is 4. The van der Waals surface area contributed by atoms with Gasteiger partial charge in [0.25, 0.3) is 5.91 Å². The summed E-state index contributed by atoms with van der Waals surface area (Å²) in [5.41, 5.74) is 1.06. The van der Waals surface area contributed by atoms with Crippen LogP contribution in [-0.4, -0.2) is 26.2 Å². The Morgan fingerprint density at radius 1 is 0.893 bits per heavy atom. The van der Waals surface area contributed by atoms with Crippen molar-refractivity contribution in [2.24, 2.45) is 0 Å². The molecular weight excluding hydrogens is 378 g/mol. The molecule has 0 aliphatic heterocycles. The van der Waals surface area contributed by atoms with Crippen LogP contribution < -0.4 is 19.5 Å². The molecule has 0 atom stereocenters. The maximum Gasteiger partial charge on any atom is 0.255 e. The topological polar surface area (TPSA) is 56.8 Å². The Bertz CT molecular complexity index is 931. The molecular formula is C22H20ClNO4. The molecule has 0 aliphatic rings. The van der Waals surface area contributed by atoms with Crippen molar-refractivity contribution in [3.8, 4) is 17.2 Å². The molecule has 0 unspecified atom stereocenters. The van der Waals surface area contributed by atoms with Crippen molar-refractivity contribution in [1.82, 2.24) is 0 Å². The minimum absolute atomic E-state index is 0.257. The van der Waals surface area contributed by atoms with E-state index in [1.165, 1.54) is 7.11 Å². The highest BCUT2D eigenvalue weighted by atomic mass is 35.5. The molecule has 3 aromatic carbocycles. The molecule has 3 aromatic rings. The Morgan fingerprint density at radius 3 is 2.32 bits per heavy atom. The fourth-order valence-corrected chi connectivity index (χ4v) is 2.77. The fraction of sp³-hybridized carbons (Fsp3) is 0.136. The highest BCUT2D eigenvalue weighted by molar-refractivity contribution is 6.32. The number of para-hydroxylation sites is 1. The summed E-state index contributed by atoms with van der Waals surface area (Å²) in [5.74, 6) is 1.68. The molecule has 3 rings (SSSR count). The van der Waals surface area contributed by atoms with E-state index >= 15 is 0 Å². The summed E-state index contributed by atoms with van der Waals surface area (Å²) in [5, 5.41) is 3.23. The first-order valence-corrected chi connectivity index (χ1v) is 9.09. The van der Waals surface area contributed by atoms with E-state index in [-0.39, 0.29) is 5.91 Å². The number of anilines is 1. The monoisotopic (exact) mass is 397 g/mol. The van der Waals surface area contributed by atoms with Crippen LogP contribution in [-0.2, 0) is 0 Å². The van der Waals surface area contributed by atoms with Crippen LogP contribution in [0, 0.1) is 0 Å². The van der Waals surface area contributed by atoms with Gasteiger partial charge in [-0.25, -0.2) is 0 Å². The molecule has 28 heavy (non-hydrogen) atoms. The van der Waals surface area contributed by atoms with Crippen LogP contribution in [0.4, 0.5) is 5.69 Å². The third-order valence-corrected chi connectivity index (χ3v) is 4.17. The predicted molar refractivity (Wildman–Crippen MR) is 110 cm³/mol. The molecule has 1 N–H and O–H groups in total. The lowest BCUT2D eigenvalue weighted by atomic mass is 10.2. The first-order valence-electron chi connectivity index (χ1n) is 8.71. The molecule has 6 heteroatoms. The van der Waals surface area contributed by atoms with Crippen LogP contribution in [0.5, 0.6) is 17.2 Å². The summed E-state index contributed by atoms with van der Waals surface area (Å²) in [7, 11) is 1.54. The number of benzene rings is 3. The molecule has 0 bridgehead atoms. The van der Waals surface area contributed by atoms with Crippen molar-refractivity contribution in [1.29, 1.82) is 0 Å². The highest BCUT2D eigenvalue weighted by Crippen LogP contribution is 2.27. The number of carbonyl (C=O) groups is 1. The number of halogens is 1. The Labute approximate surface area is 168 Å². The quantitative estimate of drug-likeness (QED) is 0.540. The standard InChI is InChI=1S/C22H20ClNO4/c1-26-21-11-10-17(15-20(21)23)24-22(25)16-6-5-9-19(14-16)28-13-12-27-18-7-3-2-4-8-18/h2-11,14-15H,12-13H2,1H3,(H,24,25). The molecule has 0 saturated carbocycles. The number of methoxy groups -OCH3 is 1. The lowest BCUT2D eigenvalue weighted by Gasteiger charge is -2.10. The summed E-state index contributed by atoms with van der Waals surface area (Å²) >= 11 is 6.09. The van der Waals surface area contributed by atoms with Gasteiger partial charge in [0.05, 0.1) is 12.1 Å². The average molecular weight is 398 g/mol. The van der Waals surface area contributed by atoms with Gasteiger partial charge in [-0.3, -0.25) is 4.79 Å². The zero-order chi connectivity index (χ0) is 19.8. The number of hydrogen-bond donors (Lipinski definition) is 1. The Hall–Kier alpha value is -3.18. The third-order valence-electron chi connectivity index (χ3n) is 3.87.